The molecule has 1 heterocycles. The zero-order valence-electron chi connectivity index (χ0n) is 7.51. The van der Waals surface area contributed by atoms with Gasteiger partial charge in [-0.2, -0.15) is 11.3 Å². The highest BCUT2D eigenvalue weighted by Gasteiger charge is 2.04. The number of hydrogen-bond acceptors (Lipinski definition) is 1. The quantitative estimate of drug-likeness (QED) is 0.529. The highest BCUT2D eigenvalue weighted by Crippen LogP contribution is 2.17. The fraction of sp³-hybridized carbons (Fsp3) is 0.600. The smallest absolute Gasteiger partial charge is 0.0186 e. The lowest BCUT2D eigenvalue weighted by Crippen LogP contribution is -2.01. The molecule has 1 rings (SSSR count). The predicted molar refractivity (Wildman–Crippen MR) is 68.4 cm³/mol. The van der Waals surface area contributed by atoms with Crippen molar-refractivity contribution in [1.82, 2.24) is 0 Å². The van der Waals surface area contributed by atoms with Crippen molar-refractivity contribution in [2.24, 2.45) is 0 Å². The summed E-state index contributed by atoms with van der Waals surface area (Å²) >= 11 is 8.95. The maximum absolute atomic E-state index is 3.72. The molecule has 1 atom stereocenters. The molecule has 0 saturated heterocycles. The van der Waals surface area contributed by atoms with E-state index in [0.29, 0.717) is 4.83 Å². The normalized spacial score (nSPS) is 13.1. The Labute approximate surface area is 101 Å². The van der Waals surface area contributed by atoms with Crippen molar-refractivity contribution in [3.05, 3.63) is 22.4 Å². The molecule has 0 aromatic carbocycles. The first-order chi connectivity index (χ1) is 6.33. The van der Waals surface area contributed by atoms with Crippen LogP contribution in [0.25, 0.3) is 0 Å². The van der Waals surface area contributed by atoms with Gasteiger partial charge in [-0.15, -0.1) is 0 Å². The Hall–Kier alpha value is 0.660. The van der Waals surface area contributed by atoms with Gasteiger partial charge in [-0.3, -0.25) is 0 Å². The van der Waals surface area contributed by atoms with Gasteiger partial charge in [-0.25, -0.2) is 0 Å². The number of rotatable bonds is 6. The molecule has 0 fully saturated rings. The van der Waals surface area contributed by atoms with Crippen LogP contribution in [-0.2, 0) is 6.42 Å². The van der Waals surface area contributed by atoms with Gasteiger partial charge < -0.3 is 0 Å². The molecule has 0 spiro atoms. The van der Waals surface area contributed by atoms with E-state index < -0.39 is 0 Å². The molecule has 3 heteroatoms. The van der Waals surface area contributed by atoms with Crippen molar-refractivity contribution in [3.8, 4) is 0 Å². The largest absolute Gasteiger partial charge is 0.152 e. The molecule has 0 amide bonds. The summed E-state index contributed by atoms with van der Waals surface area (Å²) in [5.74, 6) is 0. The van der Waals surface area contributed by atoms with Crippen molar-refractivity contribution in [3.63, 3.8) is 0 Å². The zero-order valence-corrected chi connectivity index (χ0v) is 11.5. The molecule has 1 aromatic rings. The van der Waals surface area contributed by atoms with Crippen molar-refractivity contribution >= 4 is 43.2 Å². The topological polar surface area (TPSA) is 0 Å². The summed E-state index contributed by atoms with van der Waals surface area (Å²) in [6, 6.07) is 2.21. The first kappa shape index (κ1) is 11.7. The number of halogens is 2. The summed E-state index contributed by atoms with van der Waals surface area (Å²) in [5, 5.41) is 5.51. The summed E-state index contributed by atoms with van der Waals surface area (Å²) in [7, 11) is 0. The summed E-state index contributed by atoms with van der Waals surface area (Å²) < 4.78 is 0. The van der Waals surface area contributed by atoms with E-state index in [1.807, 2.05) is 0 Å². The van der Waals surface area contributed by atoms with Crippen LogP contribution in [0.1, 0.15) is 24.8 Å². The summed E-state index contributed by atoms with van der Waals surface area (Å²) in [6.45, 7) is 0. The van der Waals surface area contributed by atoms with Crippen molar-refractivity contribution < 1.29 is 0 Å². The van der Waals surface area contributed by atoms with E-state index in [2.05, 4.69) is 48.7 Å². The third kappa shape index (κ3) is 5.18. The molecule has 0 aliphatic rings. The van der Waals surface area contributed by atoms with E-state index in [9.17, 15) is 0 Å². The van der Waals surface area contributed by atoms with Gasteiger partial charge in [-0.05, 0) is 41.7 Å². The highest BCUT2D eigenvalue weighted by molar-refractivity contribution is 9.09. The lowest BCUT2D eigenvalue weighted by Gasteiger charge is -2.07. The van der Waals surface area contributed by atoms with Crippen LogP contribution >= 0.6 is 43.2 Å². The van der Waals surface area contributed by atoms with Crippen molar-refractivity contribution in [2.75, 3.05) is 5.33 Å². The standard InChI is InChI=1S/C10H14Br2S/c11-5-2-1-3-10(12)7-9-4-6-13-8-9/h4,6,8,10H,1-3,5,7H2. The average molecular weight is 326 g/mol. The van der Waals surface area contributed by atoms with Gasteiger partial charge in [0.2, 0.25) is 0 Å². The number of hydrogen-bond donors (Lipinski definition) is 0. The molecular weight excluding hydrogens is 312 g/mol. The lowest BCUT2D eigenvalue weighted by molar-refractivity contribution is 0.693. The van der Waals surface area contributed by atoms with Crippen LogP contribution in [0, 0.1) is 0 Å². The third-order valence-corrected chi connectivity index (χ3v) is 4.01. The van der Waals surface area contributed by atoms with Gasteiger partial charge in [0.05, 0.1) is 0 Å². The predicted octanol–water partition coefficient (Wildman–Crippen LogP) is 4.62. The fourth-order valence-corrected chi connectivity index (χ4v) is 3.00. The van der Waals surface area contributed by atoms with Gasteiger partial charge in [0, 0.05) is 10.2 Å². The van der Waals surface area contributed by atoms with Crippen molar-refractivity contribution in [1.29, 1.82) is 0 Å². The average Bonchev–Trinajstić information content (AvgIpc) is 2.57. The molecule has 0 saturated carbocycles. The highest BCUT2D eigenvalue weighted by atomic mass is 79.9. The Balaban J connectivity index is 2.14. The first-order valence-electron chi connectivity index (χ1n) is 4.54. The minimum absolute atomic E-state index is 0.654. The third-order valence-electron chi connectivity index (χ3n) is 1.94. The van der Waals surface area contributed by atoms with Gasteiger partial charge >= 0.3 is 0 Å². The molecular formula is C10H14Br2S. The van der Waals surface area contributed by atoms with E-state index in [4.69, 9.17) is 0 Å². The van der Waals surface area contributed by atoms with Crippen molar-refractivity contribution in [2.45, 2.75) is 30.5 Å². The Kier molecular flexibility index (Phi) is 6.33. The van der Waals surface area contributed by atoms with E-state index in [-0.39, 0.29) is 0 Å². The van der Waals surface area contributed by atoms with Gasteiger partial charge in [-0.1, -0.05) is 38.3 Å². The van der Waals surface area contributed by atoms with Gasteiger partial charge in [0.15, 0.2) is 0 Å². The number of thiophene rings is 1. The van der Waals surface area contributed by atoms with E-state index in [1.165, 1.54) is 31.2 Å². The van der Waals surface area contributed by atoms with Crippen LogP contribution in [0.5, 0.6) is 0 Å². The Morgan fingerprint density at radius 1 is 1.38 bits per heavy atom. The Morgan fingerprint density at radius 3 is 2.85 bits per heavy atom. The number of alkyl halides is 2. The molecule has 13 heavy (non-hydrogen) atoms. The van der Waals surface area contributed by atoms with Gasteiger partial charge in [0.25, 0.3) is 0 Å². The minimum Gasteiger partial charge on any atom is -0.152 e. The SMILES string of the molecule is BrCCCCC(Br)Cc1ccsc1. The second-order valence-electron chi connectivity index (χ2n) is 3.12. The summed E-state index contributed by atoms with van der Waals surface area (Å²) in [6.07, 6.45) is 5.05. The minimum atomic E-state index is 0.654. The molecule has 1 unspecified atom stereocenters. The van der Waals surface area contributed by atoms with Crippen LogP contribution in [0.15, 0.2) is 16.8 Å². The molecule has 0 bridgehead atoms. The molecule has 0 aliphatic heterocycles. The summed E-state index contributed by atoms with van der Waals surface area (Å²) in [4.78, 5) is 0.654. The molecule has 74 valence electrons. The summed E-state index contributed by atoms with van der Waals surface area (Å²) in [5.41, 5.74) is 1.46. The monoisotopic (exact) mass is 324 g/mol. The van der Waals surface area contributed by atoms with Crippen LogP contribution in [0.2, 0.25) is 0 Å². The Bertz CT molecular complexity index is 209. The van der Waals surface area contributed by atoms with Crippen LogP contribution in [0.4, 0.5) is 0 Å². The number of unbranched alkanes of at least 4 members (excludes halogenated alkanes) is 1. The van der Waals surface area contributed by atoms with E-state index >= 15 is 0 Å². The second kappa shape index (κ2) is 7.02. The first-order valence-corrected chi connectivity index (χ1v) is 7.52. The molecule has 0 radical (unpaired) electrons. The second-order valence-corrected chi connectivity index (χ2v) is 5.99. The lowest BCUT2D eigenvalue weighted by atomic mass is 10.1. The fourth-order valence-electron chi connectivity index (χ4n) is 1.23. The zero-order chi connectivity index (χ0) is 9.52. The molecule has 0 N–H and O–H groups in total. The van der Waals surface area contributed by atoms with Gasteiger partial charge in [0.1, 0.15) is 0 Å². The molecule has 0 nitrogen and oxygen atoms in total. The molecule has 0 aliphatic carbocycles. The van der Waals surface area contributed by atoms with Crippen LogP contribution in [-0.4, -0.2) is 10.2 Å². The maximum Gasteiger partial charge on any atom is 0.0186 e. The van der Waals surface area contributed by atoms with Crippen LogP contribution < -0.4 is 0 Å². The van der Waals surface area contributed by atoms with E-state index in [0.717, 1.165) is 5.33 Å². The van der Waals surface area contributed by atoms with E-state index in [1.54, 1.807) is 11.3 Å². The van der Waals surface area contributed by atoms with Crippen LogP contribution in [0.3, 0.4) is 0 Å². The molecule has 1 aromatic heterocycles. The maximum atomic E-state index is 3.72. The Morgan fingerprint density at radius 2 is 2.23 bits per heavy atom.